The number of halogens is 1. The third-order valence-electron chi connectivity index (χ3n) is 7.08. The Labute approximate surface area is 200 Å². The number of nitrogens with one attached hydrogen (secondary N) is 1. The second kappa shape index (κ2) is 8.46. The van der Waals surface area contributed by atoms with E-state index >= 15 is 0 Å². The highest BCUT2D eigenvalue weighted by molar-refractivity contribution is 6.05. The summed E-state index contributed by atoms with van der Waals surface area (Å²) in [5, 5.41) is 7.30. The van der Waals surface area contributed by atoms with Crippen molar-refractivity contribution in [2.24, 2.45) is 0 Å². The van der Waals surface area contributed by atoms with Gasteiger partial charge in [0, 0.05) is 57.3 Å². The fraction of sp³-hybridized carbons (Fsp3) is 0.360. The zero-order valence-corrected chi connectivity index (χ0v) is 19.0. The molecular weight excluding hydrogens is 453 g/mol. The van der Waals surface area contributed by atoms with Crippen LogP contribution in [0, 0.1) is 5.82 Å². The predicted molar refractivity (Wildman–Crippen MR) is 124 cm³/mol. The predicted octanol–water partition coefficient (Wildman–Crippen LogP) is 2.05. The van der Waals surface area contributed by atoms with E-state index in [-0.39, 0.29) is 24.1 Å². The normalized spacial score (nSPS) is 21.1. The molecular formula is C25H24FN5O4. The second-order valence-corrected chi connectivity index (χ2v) is 9.30. The minimum Gasteiger partial charge on any atom is -0.354 e. The number of amides is 3. The average molecular weight is 477 g/mol. The van der Waals surface area contributed by atoms with Crippen molar-refractivity contribution in [3.8, 4) is 0 Å². The van der Waals surface area contributed by atoms with Crippen molar-refractivity contribution in [2.45, 2.75) is 32.0 Å². The SMILES string of the molecule is O=C1CCC(N2Cc3cc(CN4CCN(c5noc6cc(F)ccc56)CC4)ccc3C2=O)C(=O)N1. The summed E-state index contributed by atoms with van der Waals surface area (Å²) >= 11 is 0. The van der Waals surface area contributed by atoms with Crippen LogP contribution >= 0.6 is 0 Å². The van der Waals surface area contributed by atoms with E-state index in [1.54, 1.807) is 11.0 Å². The molecule has 0 spiro atoms. The molecule has 2 saturated heterocycles. The van der Waals surface area contributed by atoms with E-state index < -0.39 is 11.9 Å². The first-order chi connectivity index (χ1) is 17.0. The minimum absolute atomic E-state index is 0.158. The Kier molecular flexibility index (Phi) is 5.25. The summed E-state index contributed by atoms with van der Waals surface area (Å²) < 4.78 is 18.7. The summed E-state index contributed by atoms with van der Waals surface area (Å²) in [5.41, 5.74) is 3.09. The number of piperazine rings is 1. The van der Waals surface area contributed by atoms with Crippen LogP contribution in [0.2, 0.25) is 0 Å². The standard InChI is InChI=1S/C25H24FN5O4/c26-17-2-4-19-21(12-17)35-28-23(19)30-9-7-29(8-10-30)13-15-1-3-18-16(11-15)14-31(25(18)34)20-5-6-22(32)27-24(20)33/h1-4,11-12,20H,5-10,13-14H2,(H,27,32,33). The number of hydrogen-bond acceptors (Lipinski definition) is 7. The third-order valence-corrected chi connectivity index (χ3v) is 7.08. The number of nitrogens with zero attached hydrogens (tertiary/aromatic N) is 4. The quantitative estimate of drug-likeness (QED) is 0.575. The Hall–Kier alpha value is -3.79. The lowest BCUT2D eigenvalue weighted by Gasteiger charge is -2.34. The molecule has 1 N–H and O–H groups in total. The van der Waals surface area contributed by atoms with Crippen molar-refractivity contribution in [1.82, 2.24) is 20.3 Å². The minimum atomic E-state index is -0.603. The van der Waals surface area contributed by atoms with Crippen molar-refractivity contribution in [3.05, 3.63) is 58.9 Å². The molecule has 0 saturated carbocycles. The second-order valence-electron chi connectivity index (χ2n) is 9.30. The molecule has 10 heteroatoms. The van der Waals surface area contributed by atoms with Gasteiger partial charge in [0.15, 0.2) is 11.4 Å². The van der Waals surface area contributed by atoms with E-state index in [1.807, 2.05) is 18.2 Å². The largest absolute Gasteiger partial charge is 0.354 e. The fourth-order valence-electron chi connectivity index (χ4n) is 5.23. The Morgan fingerprint density at radius 2 is 1.89 bits per heavy atom. The maximum atomic E-state index is 13.4. The van der Waals surface area contributed by atoms with Crippen LogP contribution in [-0.4, -0.2) is 64.9 Å². The van der Waals surface area contributed by atoms with Gasteiger partial charge in [-0.05, 0) is 35.7 Å². The van der Waals surface area contributed by atoms with Crippen molar-refractivity contribution in [2.75, 3.05) is 31.1 Å². The van der Waals surface area contributed by atoms with Gasteiger partial charge in [-0.3, -0.25) is 24.6 Å². The first-order valence-electron chi connectivity index (χ1n) is 11.7. The van der Waals surface area contributed by atoms with Gasteiger partial charge in [0.25, 0.3) is 5.91 Å². The van der Waals surface area contributed by atoms with Crippen molar-refractivity contribution in [3.63, 3.8) is 0 Å². The molecule has 35 heavy (non-hydrogen) atoms. The molecule has 3 aliphatic rings. The molecule has 2 aromatic carbocycles. The molecule has 180 valence electrons. The van der Waals surface area contributed by atoms with Gasteiger partial charge >= 0.3 is 0 Å². The number of anilines is 1. The van der Waals surface area contributed by atoms with Crippen molar-refractivity contribution < 1.29 is 23.3 Å². The van der Waals surface area contributed by atoms with Crippen LogP contribution in [0.4, 0.5) is 10.2 Å². The molecule has 2 fully saturated rings. The molecule has 3 aromatic rings. The number of hydrogen-bond donors (Lipinski definition) is 1. The molecule has 1 aromatic heterocycles. The maximum Gasteiger partial charge on any atom is 0.255 e. The van der Waals surface area contributed by atoms with Crippen molar-refractivity contribution >= 4 is 34.5 Å². The Balaban J connectivity index is 1.10. The highest BCUT2D eigenvalue weighted by atomic mass is 19.1. The van der Waals surface area contributed by atoms with Gasteiger partial charge in [-0.15, -0.1) is 0 Å². The van der Waals surface area contributed by atoms with Gasteiger partial charge in [-0.1, -0.05) is 17.3 Å². The average Bonchev–Trinajstić information content (AvgIpc) is 3.40. The van der Waals surface area contributed by atoms with Crippen molar-refractivity contribution in [1.29, 1.82) is 0 Å². The lowest BCUT2D eigenvalue weighted by Crippen LogP contribution is -2.52. The summed E-state index contributed by atoms with van der Waals surface area (Å²) in [6.07, 6.45) is 0.603. The summed E-state index contributed by atoms with van der Waals surface area (Å²) in [7, 11) is 0. The highest BCUT2D eigenvalue weighted by Gasteiger charge is 2.39. The van der Waals surface area contributed by atoms with Crippen LogP contribution in [0.15, 0.2) is 40.9 Å². The number of aromatic nitrogens is 1. The lowest BCUT2D eigenvalue weighted by atomic mass is 10.0. The van der Waals surface area contributed by atoms with Crippen LogP contribution in [-0.2, 0) is 22.7 Å². The summed E-state index contributed by atoms with van der Waals surface area (Å²) in [6, 6.07) is 9.72. The Morgan fingerprint density at radius 1 is 1.06 bits per heavy atom. The van der Waals surface area contributed by atoms with E-state index in [0.717, 1.165) is 55.1 Å². The fourth-order valence-corrected chi connectivity index (χ4v) is 5.23. The number of carbonyl (C=O) groups is 3. The molecule has 3 amide bonds. The summed E-state index contributed by atoms with van der Waals surface area (Å²) in [4.78, 5) is 42.7. The van der Waals surface area contributed by atoms with Crippen LogP contribution < -0.4 is 10.2 Å². The molecule has 9 nitrogen and oxygen atoms in total. The van der Waals surface area contributed by atoms with Crippen LogP contribution in [0.5, 0.6) is 0 Å². The number of rotatable bonds is 4. The van der Waals surface area contributed by atoms with Crippen LogP contribution in [0.1, 0.15) is 34.3 Å². The zero-order valence-electron chi connectivity index (χ0n) is 19.0. The Morgan fingerprint density at radius 3 is 2.69 bits per heavy atom. The van der Waals surface area contributed by atoms with Gasteiger partial charge < -0.3 is 14.3 Å². The van der Waals surface area contributed by atoms with Gasteiger partial charge in [0.05, 0.1) is 5.39 Å². The number of carbonyl (C=O) groups excluding carboxylic acids is 3. The highest BCUT2D eigenvalue weighted by Crippen LogP contribution is 2.30. The van der Waals surface area contributed by atoms with Crippen LogP contribution in [0.25, 0.3) is 11.0 Å². The molecule has 6 rings (SSSR count). The van der Waals surface area contributed by atoms with E-state index in [1.165, 1.54) is 12.1 Å². The molecule has 0 radical (unpaired) electrons. The smallest absolute Gasteiger partial charge is 0.255 e. The lowest BCUT2D eigenvalue weighted by molar-refractivity contribution is -0.136. The Bertz CT molecular complexity index is 1350. The van der Waals surface area contributed by atoms with E-state index in [4.69, 9.17) is 4.52 Å². The molecule has 1 atom stereocenters. The summed E-state index contributed by atoms with van der Waals surface area (Å²) in [5.74, 6) is -0.450. The molecule has 1 unspecified atom stereocenters. The topological polar surface area (TPSA) is 99.0 Å². The number of piperidine rings is 1. The number of imide groups is 1. The molecule has 0 bridgehead atoms. The van der Waals surface area contributed by atoms with E-state index in [2.05, 4.69) is 20.3 Å². The summed E-state index contributed by atoms with van der Waals surface area (Å²) in [6.45, 7) is 4.32. The number of benzene rings is 2. The van der Waals surface area contributed by atoms with Gasteiger partial charge in [-0.25, -0.2) is 4.39 Å². The monoisotopic (exact) mass is 477 g/mol. The maximum absolute atomic E-state index is 13.4. The molecule has 0 aliphatic carbocycles. The van der Waals surface area contributed by atoms with Gasteiger partial charge in [-0.2, -0.15) is 0 Å². The zero-order chi connectivity index (χ0) is 24.1. The number of fused-ring (bicyclic) bond motifs is 2. The van der Waals surface area contributed by atoms with Crippen LogP contribution in [0.3, 0.4) is 0 Å². The van der Waals surface area contributed by atoms with Gasteiger partial charge in [0.1, 0.15) is 11.9 Å². The van der Waals surface area contributed by atoms with Gasteiger partial charge in [0.2, 0.25) is 11.8 Å². The molecule has 3 aliphatic heterocycles. The molecule has 4 heterocycles. The van der Waals surface area contributed by atoms with E-state index in [9.17, 15) is 18.8 Å². The third kappa shape index (κ3) is 3.93. The van der Waals surface area contributed by atoms with E-state index in [0.29, 0.717) is 24.1 Å². The first kappa shape index (κ1) is 21.7. The first-order valence-corrected chi connectivity index (χ1v) is 11.7.